The van der Waals surface area contributed by atoms with Gasteiger partial charge in [0.05, 0.1) is 28.5 Å². The first-order valence-corrected chi connectivity index (χ1v) is 10.8. The molecule has 2 heterocycles. The van der Waals surface area contributed by atoms with Crippen LogP contribution in [0.1, 0.15) is 0 Å². The highest BCUT2D eigenvalue weighted by atomic mass is 35.5. The van der Waals surface area contributed by atoms with E-state index < -0.39 is 9.84 Å². The van der Waals surface area contributed by atoms with Gasteiger partial charge in [0.25, 0.3) is 0 Å². The van der Waals surface area contributed by atoms with Gasteiger partial charge in [0, 0.05) is 42.8 Å². The predicted molar refractivity (Wildman–Crippen MR) is 106 cm³/mol. The third-order valence-electron chi connectivity index (χ3n) is 4.91. The molecule has 1 fully saturated rings. The minimum atomic E-state index is -3.60. The van der Waals surface area contributed by atoms with Crippen LogP contribution in [0, 0.1) is 0 Å². The number of halogens is 1. The lowest BCUT2D eigenvalue weighted by Gasteiger charge is -2.26. The molecule has 0 unspecified atom stereocenters. The van der Waals surface area contributed by atoms with Gasteiger partial charge in [-0.1, -0.05) is 35.9 Å². The number of nitrogens with zero attached hydrogens (tertiary/aromatic N) is 2. The normalized spacial score (nSPS) is 16.0. The van der Waals surface area contributed by atoms with Crippen LogP contribution < -0.4 is 0 Å². The van der Waals surface area contributed by atoms with E-state index in [1.165, 1.54) is 0 Å². The Labute approximate surface area is 164 Å². The van der Waals surface area contributed by atoms with Crippen molar-refractivity contribution in [2.45, 2.75) is 16.3 Å². The number of fused-ring (bicyclic) bond motifs is 1. The minimum Gasteiger partial charge on any atom is -0.379 e. The summed E-state index contributed by atoms with van der Waals surface area (Å²) in [6.45, 7) is 4.81. The molecule has 142 valence electrons. The van der Waals surface area contributed by atoms with E-state index >= 15 is 0 Å². The second-order valence-electron chi connectivity index (χ2n) is 6.62. The molecule has 0 amide bonds. The zero-order chi connectivity index (χ0) is 18.9. The molecule has 7 heteroatoms. The van der Waals surface area contributed by atoms with Crippen molar-refractivity contribution in [1.82, 2.24) is 9.47 Å². The van der Waals surface area contributed by atoms with E-state index in [4.69, 9.17) is 16.3 Å². The Morgan fingerprint density at radius 3 is 2.48 bits per heavy atom. The topological polar surface area (TPSA) is 51.5 Å². The summed E-state index contributed by atoms with van der Waals surface area (Å²) >= 11 is 6.19. The van der Waals surface area contributed by atoms with Gasteiger partial charge in [0.15, 0.2) is 0 Å². The number of hydrogen-bond donors (Lipinski definition) is 0. The Morgan fingerprint density at radius 2 is 1.74 bits per heavy atom. The molecular formula is C20H21ClN2O3S. The van der Waals surface area contributed by atoms with Gasteiger partial charge >= 0.3 is 0 Å². The van der Waals surface area contributed by atoms with Crippen molar-refractivity contribution in [3.8, 4) is 0 Å². The van der Waals surface area contributed by atoms with Gasteiger partial charge in [0.2, 0.25) is 9.84 Å². The van der Waals surface area contributed by atoms with Gasteiger partial charge in [-0.05, 0) is 24.3 Å². The lowest BCUT2D eigenvalue weighted by atomic mass is 10.2. The summed E-state index contributed by atoms with van der Waals surface area (Å²) in [5.74, 6) is 0. The fourth-order valence-corrected chi connectivity index (χ4v) is 5.09. The molecule has 0 bridgehead atoms. The molecule has 0 saturated carbocycles. The SMILES string of the molecule is O=S(=O)(c1ccccc1)c1cn(CCN2CCOCC2)c2cc(Cl)ccc12. The summed E-state index contributed by atoms with van der Waals surface area (Å²) < 4.78 is 33.7. The monoisotopic (exact) mass is 404 g/mol. The first kappa shape index (κ1) is 18.5. The molecule has 1 aliphatic heterocycles. The third-order valence-corrected chi connectivity index (χ3v) is 6.94. The van der Waals surface area contributed by atoms with Crippen molar-refractivity contribution in [2.75, 3.05) is 32.8 Å². The molecule has 0 spiro atoms. The molecule has 1 aromatic heterocycles. The van der Waals surface area contributed by atoms with Gasteiger partial charge < -0.3 is 9.30 Å². The molecule has 1 saturated heterocycles. The van der Waals surface area contributed by atoms with Crippen LogP contribution in [0.5, 0.6) is 0 Å². The van der Waals surface area contributed by atoms with Crippen LogP contribution in [-0.4, -0.2) is 50.7 Å². The van der Waals surface area contributed by atoms with Crippen LogP contribution >= 0.6 is 11.6 Å². The average Bonchev–Trinajstić information content (AvgIpc) is 3.06. The Balaban J connectivity index is 1.73. The van der Waals surface area contributed by atoms with E-state index in [2.05, 4.69) is 4.90 Å². The van der Waals surface area contributed by atoms with E-state index in [0.29, 0.717) is 26.7 Å². The second kappa shape index (κ2) is 7.64. The number of aromatic nitrogens is 1. The molecule has 4 rings (SSSR count). The van der Waals surface area contributed by atoms with Crippen LogP contribution in [0.4, 0.5) is 0 Å². The van der Waals surface area contributed by atoms with Crippen molar-refractivity contribution in [3.63, 3.8) is 0 Å². The molecule has 5 nitrogen and oxygen atoms in total. The van der Waals surface area contributed by atoms with Gasteiger partial charge in [-0.15, -0.1) is 0 Å². The summed E-state index contributed by atoms with van der Waals surface area (Å²) in [4.78, 5) is 2.94. The Morgan fingerprint density at radius 1 is 1.00 bits per heavy atom. The Hall–Kier alpha value is -1.86. The van der Waals surface area contributed by atoms with E-state index in [-0.39, 0.29) is 0 Å². The van der Waals surface area contributed by atoms with E-state index in [9.17, 15) is 8.42 Å². The molecule has 0 radical (unpaired) electrons. The van der Waals surface area contributed by atoms with E-state index in [0.717, 1.165) is 38.4 Å². The second-order valence-corrected chi connectivity index (χ2v) is 8.97. The van der Waals surface area contributed by atoms with E-state index in [1.54, 1.807) is 42.6 Å². The van der Waals surface area contributed by atoms with Gasteiger partial charge in [0.1, 0.15) is 0 Å². The number of ether oxygens (including phenoxy) is 1. The molecule has 1 aliphatic rings. The Kier molecular flexibility index (Phi) is 5.23. The van der Waals surface area contributed by atoms with Crippen molar-refractivity contribution >= 4 is 32.3 Å². The molecule has 0 aliphatic carbocycles. The van der Waals surface area contributed by atoms with Crippen LogP contribution in [0.25, 0.3) is 10.9 Å². The fraction of sp³-hybridized carbons (Fsp3) is 0.300. The molecule has 0 N–H and O–H groups in total. The van der Waals surface area contributed by atoms with Crippen LogP contribution in [0.3, 0.4) is 0 Å². The molecule has 3 aromatic rings. The van der Waals surface area contributed by atoms with E-state index in [1.807, 2.05) is 16.7 Å². The maximum Gasteiger partial charge on any atom is 0.208 e. The highest BCUT2D eigenvalue weighted by molar-refractivity contribution is 7.91. The third kappa shape index (κ3) is 3.75. The number of morpholine rings is 1. The van der Waals surface area contributed by atoms with Crippen LogP contribution in [0.2, 0.25) is 5.02 Å². The number of sulfone groups is 1. The summed E-state index contributed by atoms with van der Waals surface area (Å²) in [6, 6.07) is 13.9. The largest absolute Gasteiger partial charge is 0.379 e. The number of hydrogen-bond acceptors (Lipinski definition) is 4. The summed E-state index contributed by atoms with van der Waals surface area (Å²) in [5, 5.41) is 1.29. The minimum absolute atomic E-state index is 0.298. The highest BCUT2D eigenvalue weighted by Gasteiger charge is 2.23. The quantitative estimate of drug-likeness (QED) is 0.653. The van der Waals surface area contributed by atoms with Crippen LogP contribution in [-0.2, 0) is 21.1 Å². The standard InChI is InChI=1S/C20H21ClN2O3S/c21-16-6-7-18-19(14-16)23(9-8-22-10-12-26-13-11-22)15-20(18)27(24,25)17-4-2-1-3-5-17/h1-7,14-15H,8-13H2. The van der Waals surface area contributed by atoms with Gasteiger partial charge in [-0.25, -0.2) is 8.42 Å². The van der Waals surface area contributed by atoms with Crippen molar-refractivity contribution in [1.29, 1.82) is 0 Å². The summed E-state index contributed by atoms with van der Waals surface area (Å²) in [7, 11) is -3.60. The lowest BCUT2D eigenvalue weighted by Crippen LogP contribution is -2.38. The first-order chi connectivity index (χ1) is 13.1. The zero-order valence-corrected chi connectivity index (χ0v) is 16.4. The maximum atomic E-state index is 13.2. The van der Waals surface area contributed by atoms with Crippen molar-refractivity contribution in [3.05, 3.63) is 59.8 Å². The molecule has 0 atom stereocenters. The molecule has 2 aromatic carbocycles. The summed E-state index contributed by atoms with van der Waals surface area (Å²) in [5.41, 5.74) is 0.838. The van der Waals surface area contributed by atoms with Crippen molar-refractivity contribution < 1.29 is 13.2 Å². The number of rotatable bonds is 5. The number of benzene rings is 2. The van der Waals surface area contributed by atoms with Crippen molar-refractivity contribution in [2.24, 2.45) is 0 Å². The lowest BCUT2D eigenvalue weighted by molar-refractivity contribution is 0.0365. The first-order valence-electron chi connectivity index (χ1n) is 8.94. The van der Waals surface area contributed by atoms with Gasteiger partial charge in [-0.2, -0.15) is 0 Å². The summed E-state index contributed by atoms with van der Waals surface area (Å²) in [6.07, 6.45) is 1.74. The smallest absolute Gasteiger partial charge is 0.208 e. The van der Waals surface area contributed by atoms with Gasteiger partial charge in [-0.3, -0.25) is 4.90 Å². The predicted octanol–water partition coefficient (Wildman–Crippen LogP) is 3.46. The zero-order valence-electron chi connectivity index (χ0n) is 14.8. The molecule has 27 heavy (non-hydrogen) atoms. The average molecular weight is 405 g/mol. The maximum absolute atomic E-state index is 13.2. The molecular weight excluding hydrogens is 384 g/mol. The van der Waals surface area contributed by atoms with Crippen LogP contribution in [0.15, 0.2) is 64.5 Å². The highest BCUT2D eigenvalue weighted by Crippen LogP contribution is 2.31. The fourth-order valence-electron chi connectivity index (χ4n) is 3.43. The Bertz CT molecular complexity index is 1040.